The maximum absolute atomic E-state index is 12.2. The molecule has 0 aliphatic heterocycles. The number of anilines is 1. The molecule has 2 rings (SSSR count). The first-order valence-electron chi connectivity index (χ1n) is 8.61. The summed E-state index contributed by atoms with van der Waals surface area (Å²) >= 11 is 5.98. The Hall–Kier alpha value is -2.57. The molecule has 6 nitrogen and oxygen atoms in total. The molecule has 0 aromatic heterocycles. The number of carbonyl (C=O) groups is 2. The summed E-state index contributed by atoms with van der Waals surface area (Å²) in [6.07, 6.45) is 0. The van der Waals surface area contributed by atoms with Gasteiger partial charge in [-0.2, -0.15) is 0 Å². The van der Waals surface area contributed by atoms with Crippen molar-refractivity contribution < 1.29 is 19.1 Å². The van der Waals surface area contributed by atoms with Crippen LogP contribution in [0.1, 0.15) is 24.2 Å². The van der Waals surface area contributed by atoms with Crippen molar-refractivity contribution in [2.24, 2.45) is 0 Å². The smallest absolute Gasteiger partial charge is 0.253 e. The van der Waals surface area contributed by atoms with Crippen LogP contribution in [0.5, 0.6) is 5.75 Å². The van der Waals surface area contributed by atoms with Crippen LogP contribution in [-0.2, 0) is 9.53 Å². The summed E-state index contributed by atoms with van der Waals surface area (Å²) in [5, 5.41) is 5.87. The SMILES string of the molecule is CC(C)NC(=O)c1ccc(Cl)cc1NC(=O)COCCOc1ccccc1. The van der Waals surface area contributed by atoms with E-state index in [0.29, 0.717) is 22.9 Å². The highest BCUT2D eigenvalue weighted by atomic mass is 35.5. The van der Waals surface area contributed by atoms with Gasteiger partial charge >= 0.3 is 0 Å². The lowest BCUT2D eigenvalue weighted by atomic mass is 10.1. The molecule has 0 radical (unpaired) electrons. The first-order valence-corrected chi connectivity index (χ1v) is 8.99. The highest BCUT2D eigenvalue weighted by Crippen LogP contribution is 2.21. The largest absolute Gasteiger partial charge is 0.491 e. The van der Waals surface area contributed by atoms with Crippen molar-refractivity contribution in [1.82, 2.24) is 5.32 Å². The normalized spacial score (nSPS) is 10.5. The second-order valence-electron chi connectivity index (χ2n) is 6.08. The molecule has 0 saturated heterocycles. The van der Waals surface area contributed by atoms with E-state index < -0.39 is 0 Å². The minimum Gasteiger partial charge on any atom is -0.491 e. The minimum absolute atomic E-state index is 0.0234. The number of rotatable bonds is 9. The second-order valence-corrected chi connectivity index (χ2v) is 6.52. The van der Waals surface area contributed by atoms with Crippen molar-refractivity contribution in [3.8, 4) is 5.75 Å². The molecule has 0 unspecified atom stereocenters. The van der Waals surface area contributed by atoms with Gasteiger partial charge in [0.1, 0.15) is 19.0 Å². The summed E-state index contributed by atoms with van der Waals surface area (Å²) in [7, 11) is 0. The Balaban J connectivity index is 1.82. The van der Waals surface area contributed by atoms with Crippen molar-refractivity contribution in [2.75, 3.05) is 25.1 Å². The average molecular weight is 391 g/mol. The Morgan fingerprint density at radius 3 is 2.52 bits per heavy atom. The molecule has 2 aromatic rings. The summed E-state index contributed by atoms with van der Waals surface area (Å²) < 4.78 is 10.8. The van der Waals surface area contributed by atoms with Crippen molar-refractivity contribution in [3.05, 3.63) is 59.1 Å². The number of ether oxygens (including phenoxy) is 2. The molecule has 0 aliphatic carbocycles. The Morgan fingerprint density at radius 1 is 1.07 bits per heavy atom. The van der Waals surface area contributed by atoms with Gasteiger partial charge in [-0.1, -0.05) is 29.8 Å². The summed E-state index contributed by atoms with van der Waals surface area (Å²) in [5.41, 5.74) is 0.684. The predicted octanol–water partition coefficient (Wildman–Crippen LogP) is 3.51. The topological polar surface area (TPSA) is 76.7 Å². The van der Waals surface area contributed by atoms with E-state index in [2.05, 4.69) is 10.6 Å². The maximum atomic E-state index is 12.2. The Labute approximate surface area is 163 Å². The van der Waals surface area contributed by atoms with Crippen molar-refractivity contribution in [3.63, 3.8) is 0 Å². The Kier molecular flexibility index (Phi) is 8.10. The number of carbonyl (C=O) groups excluding carboxylic acids is 2. The van der Waals surface area contributed by atoms with Gasteiger partial charge in [0.2, 0.25) is 5.91 Å². The lowest BCUT2D eigenvalue weighted by Gasteiger charge is -2.14. The lowest BCUT2D eigenvalue weighted by Crippen LogP contribution is -2.31. The predicted molar refractivity (Wildman–Crippen MR) is 105 cm³/mol. The fourth-order valence-corrected chi connectivity index (χ4v) is 2.42. The third-order valence-electron chi connectivity index (χ3n) is 3.39. The van der Waals surface area contributed by atoms with Gasteiger partial charge < -0.3 is 20.1 Å². The van der Waals surface area contributed by atoms with E-state index in [1.54, 1.807) is 12.1 Å². The molecule has 0 saturated carbocycles. The summed E-state index contributed by atoms with van der Waals surface area (Å²) in [6, 6.07) is 14.0. The number of hydrogen-bond donors (Lipinski definition) is 2. The molecule has 144 valence electrons. The summed E-state index contributed by atoms with van der Waals surface area (Å²) in [5.74, 6) is 0.0787. The van der Waals surface area contributed by atoms with Gasteiger partial charge in [0.05, 0.1) is 17.9 Å². The van der Waals surface area contributed by atoms with Gasteiger partial charge in [-0.15, -0.1) is 0 Å². The summed E-state index contributed by atoms with van der Waals surface area (Å²) in [6.45, 7) is 4.15. The molecule has 0 aliphatic rings. The molecule has 0 atom stereocenters. The first-order chi connectivity index (χ1) is 13.0. The number of nitrogens with one attached hydrogen (secondary N) is 2. The third-order valence-corrected chi connectivity index (χ3v) is 3.63. The van der Waals surface area contributed by atoms with Crippen molar-refractivity contribution >= 4 is 29.1 Å². The van der Waals surface area contributed by atoms with Gasteiger partial charge in [0.15, 0.2) is 0 Å². The van der Waals surface area contributed by atoms with Gasteiger partial charge in [0, 0.05) is 11.1 Å². The van der Waals surface area contributed by atoms with Crippen LogP contribution in [0.2, 0.25) is 5.02 Å². The number of hydrogen-bond acceptors (Lipinski definition) is 4. The van der Waals surface area contributed by atoms with Gasteiger partial charge in [0.25, 0.3) is 5.91 Å². The quantitative estimate of drug-likeness (QED) is 0.642. The molecule has 2 amide bonds. The van der Waals surface area contributed by atoms with Crippen LogP contribution in [0, 0.1) is 0 Å². The second kappa shape index (κ2) is 10.5. The lowest BCUT2D eigenvalue weighted by molar-refractivity contribution is -0.120. The summed E-state index contributed by atoms with van der Waals surface area (Å²) in [4.78, 5) is 24.4. The van der Waals surface area contributed by atoms with Crippen LogP contribution >= 0.6 is 11.6 Å². The van der Waals surface area contributed by atoms with E-state index in [1.807, 2.05) is 44.2 Å². The maximum Gasteiger partial charge on any atom is 0.253 e. The zero-order chi connectivity index (χ0) is 19.6. The van der Waals surface area contributed by atoms with Gasteiger partial charge in [-0.05, 0) is 44.2 Å². The first kappa shape index (κ1) is 20.7. The molecule has 0 bridgehead atoms. The van der Waals surface area contributed by atoms with Crippen LogP contribution in [0.4, 0.5) is 5.69 Å². The molecule has 27 heavy (non-hydrogen) atoms. The fourth-order valence-electron chi connectivity index (χ4n) is 2.24. The zero-order valence-electron chi connectivity index (χ0n) is 15.3. The molecule has 2 N–H and O–H groups in total. The fraction of sp³-hybridized carbons (Fsp3) is 0.300. The van der Waals surface area contributed by atoms with Crippen LogP contribution < -0.4 is 15.4 Å². The Bertz CT molecular complexity index is 766. The molecular weight excluding hydrogens is 368 g/mol. The van der Waals surface area contributed by atoms with Gasteiger partial charge in [-0.3, -0.25) is 9.59 Å². The van der Waals surface area contributed by atoms with Crippen LogP contribution in [0.3, 0.4) is 0 Å². The number of benzene rings is 2. The monoisotopic (exact) mass is 390 g/mol. The number of halogens is 1. The minimum atomic E-state index is -0.379. The van der Waals surface area contributed by atoms with E-state index in [4.69, 9.17) is 21.1 Å². The molecular formula is C20H23ClN2O4. The highest BCUT2D eigenvalue weighted by Gasteiger charge is 2.15. The van der Waals surface area contributed by atoms with Crippen LogP contribution in [-0.4, -0.2) is 37.7 Å². The van der Waals surface area contributed by atoms with E-state index in [1.165, 1.54) is 6.07 Å². The molecule has 7 heteroatoms. The van der Waals surface area contributed by atoms with Crippen molar-refractivity contribution in [1.29, 1.82) is 0 Å². The molecule has 0 spiro atoms. The van der Waals surface area contributed by atoms with Crippen LogP contribution in [0.25, 0.3) is 0 Å². The van der Waals surface area contributed by atoms with Crippen LogP contribution in [0.15, 0.2) is 48.5 Å². The van der Waals surface area contributed by atoms with Gasteiger partial charge in [-0.25, -0.2) is 0 Å². The van der Waals surface area contributed by atoms with E-state index in [9.17, 15) is 9.59 Å². The van der Waals surface area contributed by atoms with Crippen molar-refractivity contribution in [2.45, 2.75) is 19.9 Å². The number of amides is 2. The average Bonchev–Trinajstić information content (AvgIpc) is 2.61. The molecule has 0 fully saturated rings. The Morgan fingerprint density at radius 2 is 1.81 bits per heavy atom. The van der Waals surface area contributed by atoms with E-state index >= 15 is 0 Å². The third kappa shape index (κ3) is 7.29. The highest BCUT2D eigenvalue weighted by molar-refractivity contribution is 6.31. The van der Waals surface area contributed by atoms with E-state index in [0.717, 1.165) is 5.75 Å². The molecule has 2 aromatic carbocycles. The van der Waals surface area contributed by atoms with E-state index in [-0.39, 0.29) is 31.1 Å². The zero-order valence-corrected chi connectivity index (χ0v) is 16.1. The molecule has 0 heterocycles. The number of para-hydroxylation sites is 1. The standard InChI is InChI=1S/C20H23ClN2O4/c1-14(2)22-20(25)17-9-8-15(21)12-18(17)23-19(24)13-26-10-11-27-16-6-4-3-5-7-16/h3-9,12,14H,10-11,13H2,1-2H3,(H,22,25)(H,23,24).